The summed E-state index contributed by atoms with van der Waals surface area (Å²) in [6.45, 7) is 9.04. The van der Waals surface area contributed by atoms with Crippen LogP contribution in [0.15, 0.2) is 84.9 Å². The lowest BCUT2D eigenvalue weighted by molar-refractivity contribution is 0.558. The molecule has 0 saturated carbocycles. The highest BCUT2D eigenvalue weighted by molar-refractivity contribution is 5.49. The molecule has 2 unspecified atom stereocenters. The molecule has 0 heterocycles. The molecule has 0 saturated heterocycles. The lowest BCUT2D eigenvalue weighted by Gasteiger charge is -2.21. The van der Waals surface area contributed by atoms with Gasteiger partial charge in [-0.2, -0.15) is 0 Å². The minimum Gasteiger partial charge on any atom is -0.399 e. The third kappa shape index (κ3) is 14.7. The third-order valence-electron chi connectivity index (χ3n) is 11.7. The summed E-state index contributed by atoms with van der Waals surface area (Å²) in [5.41, 5.74) is 25.3. The number of unbranched alkanes of at least 4 members (excludes halogenated alkanes) is 14. The first-order chi connectivity index (χ1) is 25.9. The highest BCUT2D eigenvalue weighted by Crippen LogP contribution is 2.35. The number of anilines is 2. The van der Waals surface area contributed by atoms with Gasteiger partial charge in [-0.3, -0.25) is 0 Å². The first-order valence-corrected chi connectivity index (χ1v) is 21.8. The number of nitrogens with two attached hydrogens (primary N) is 2. The molecule has 0 radical (unpaired) electrons. The molecular formula is C51H74N2. The zero-order valence-electron chi connectivity index (χ0n) is 34.2. The van der Waals surface area contributed by atoms with Crippen LogP contribution in [-0.2, 0) is 12.8 Å². The van der Waals surface area contributed by atoms with E-state index >= 15 is 0 Å². The van der Waals surface area contributed by atoms with Crippen LogP contribution in [0.25, 0.3) is 0 Å². The maximum atomic E-state index is 6.14. The SMILES string of the molecule is CCCCCCCCCC(c1ccc(CCCCCc2ccc(C(CCCCCCCCC)c3ccc(N)cc3C)cc2)cc1)c1ccc(N)cc1C. The van der Waals surface area contributed by atoms with Crippen LogP contribution >= 0.6 is 0 Å². The van der Waals surface area contributed by atoms with E-state index in [-0.39, 0.29) is 0 Å². The van der Waals surface area contributed by atoms with Gasteiger partial charge in [0.05, 0.1) is 0 Å². The van der Waals surface area contributed by atoms with E-state index in [1.807, 2.05) is 0 Å². The summed E-state index contributed by atoms with van der Waals surface area (Å²) in [4.78, 5) is 0. The normalized spacial score (nSPS) is 12.6. The van der Waals surface area contributed by atoms with Crippen molar-refractivity contribution in [2.45, 2.75) is 174 Å². The molecule has 2 nitrogen and oxygen atoms in total. The molecule has 288 valence electrons. The van der Waals surface area contributed by atoms with Gasteiger partial charge in [-0.15, -0.1) is 0 Å². The van der Waals surface area contributed by atoms with Crippen LogP contribution in [0.4, 0.5) is 11.4 Å². The number of nitrogen functional groups attached to an aromatic ring is 2. The summed E-state index contributed by atoms with van der Waals surface area (Å²) < 4.78 is 0. The zero-order chi connectivity index (χ0) is 37.7. The molecule has 2 heteroatoms. The molecule has 4 N–H and O–H groups in total. The second-order valence-electron chi connectivity index (χ2n) is 16.2. The summed E-state index contributed by atoms with van der Waals surface area (Å²) in [5, 5.41) is 0. The Morgan fingerprint density at radius 3 is 1.09 bits per heavy atom. The lowest BCUT2D eigenvalue weighted by Crippen LogP contribution is -2.05. The molecule has 0 spiro atoms. The van der Waals surface area contributed by atoms with Crippen molar-refractivity contribution in [2.24, 2.45) is 0 Å². The molecule has 2 atom stereocenters. The average molecular weight is 715 g/mol. The Balaban J connectivity index is 1.26. The van der Waals surface area contributed by atoms with E-state index < -0.39 is 0 Å². The number of aryl methyl sites for hydroxylation is 4. The van der Waals surface area contributed by atoms with E-state index in [4.69, 9.17) is 11.5 Å². The van der Waals surface area contributed by atoms with E-state index in [0.717, 1.165) is 24.2 Å². The minimum atomic E-state index is 0.442. The largest absolute Gasteiger partial charge is 0.399 e. The molecule has 4 aromatic rings. The van der Waals surface area contributed by atoms with E-state index in [0.29, 0.717) is 11.8 Å². The standard InChI is InChI=1S/C51H74N2/c1-5-7-9-11-13-15-20-24-50(48-36-34-46(52)38-40(48)3)44-30-26-42(27-31-44)22-18-17-19-23-43-28-32-45(33-29-43)51(25-21-16-14-12-10-8-6-2)49-37-35-47(53)39-41(49)4/h26-39,50-51H,5-25,52-53H2,1-4H3. The maximum absolute atomic E-state index is 6.14. The van der Waals surface area contributed by atoms with Crippen LogP contribution in [0.2, 0.25) is 0 Å². The first-order valence-electron chi connectivity index (χ1n) is 21.8. The van der Waals surface area contributed by atoms with Crippen LogP contribution in [0.5, 0.6) is 0 Å². The van der Waals surface area contributed by atoms with Gasteiger partial charge in [0, 0.05) is 23.2 Å². The minimum absolute atomic E-state index is 0.442. The van der Waals surface area contributed by atoms with Crippen molar-refractivity contribution in [3.8, 4) is 0 Å². The number of hydrogen-bond acceptors (Lipinski definition) is 2. The smallest absolute Gasteiger partial charge is 0.0316 e. The molecule has 0 aliphatic rings. The van der Waals surface area contributed by atoms with Gasteiger partial charge in [0.15, 0.2) is 0 Å². The van der Waals surface area contributed by atoms with Crippen molar-refractivity contribution in [1.29, 1.82) is 0 Å². The van der Waals surface area contributed by atoms with Crippen LogP contribution in [0.1, 0.15) is 192 Å². The fourth-order valence-corrected chi connectivity index (χ4v) is 8.46. The fourth-order valence-electron chi connectivity index (χ4n) is 8.46. The Morgan fingerprint density at radius 1 is 0.396 bits per heavy atom. The molecule has 0 amide bonds. The summed E-state index contributed by atoms with van der Waals surface area (Å²) >= 11 is 0. The summed E-state index contributed by atoms with van der Waals surface area (Å²) in [7, 11) is 0. The van der Waals surface area contributed by atoms with E-state index in [2.05, 4.69) is 113 Å². The highest BCUT2D eigenvalue weighted by atomic mass is 14.5. The Morgan fingerprint density at radius 2 is 0.736 bits per heavy atom. The second kappa shape index (κ2) is 24.0. The molecular weight excluding hydrogens is 641 g/mol. The molecule has 0 aliphatic heterocycles. The van der Waals surface area contributed by atoms with Gasteiger partial charge >= 0.3 is 0 Å². The van der Waals surface area contributed by atoms with Crippen LogP contribution in [0, 0.1) is 13.8 Å². The topological polar surface area (TPSA) is 52.0 Å². The van der Waals surface area contributed by atoms with Gasteiger partial charge < -0.3 is 11.5 Å². The molecule has 0 aromatic heterocycles. The van der Waals surface area contributed by atoms with Gasteiger partial charge in [0.2, 0.25) is 0 Å². The van der Waals surface area contributed by atoms with Crippen LogP contribution in [-0.4, -0.2) is 0 Å². The number of benzene rings is 4. The molecule has 4 rings (SSSR count). The van der Waals surface area contributed by atoms with Crippen molar-refractivity contribution in [1.82, 2.24) is 0 Å². The summed E-state index contributed by atoms with van der Waals surface area (Å²) in [5.74, 6) is 0.885. The highest BCUT2D eigenvalue weighted by Gasteiger charge is 2.18. The van der Waals surface area contributed by atoms with Gasteiger partial charge in [-0.1, -0.05) is 171 Å². The van der Waals surface area contributed by atoms with Crippen molar-refractivity contribution < 1.29 is 0 Å². The third-order valence-corrected chi connectivity index (χ3v) is 11.7. The predicted octanol–water partition coefficient (Wildman–Crippen LogP) is 15.0. The van der Waals surface area contributed by atoms with Gasteiger partial charge in [-0.05, 0) is 121 Å². The van der Waals surface area contributed by atoms with Crippen molar-refractivity contribution >= 4 is 11.4 Å². The summed E-state index contributed by atoms with van der Waals surface area (Å²) in [6.07, 6.45) is 27.4. The van der Waals surface area contributed by atoms with Crippen molar-refractivity contribution in [3.05, 3.63) is 129 Å². The Labute approximate surface area is 325 Å². The predicted molar refractivity (Wildman–Crippen MR) is 234 cm³/mol. The molecule has 0 fully saturated rings. The van der Waals surface area contributed by atoms with Crippen molar-refractivity contribution in [3.63, 3.8) is 0 Å². The quantitative estimate of drug-likeness (QED) is 0.0502. The second-order valence-corrected chi connectivity index (χ2v) is 16.2. The maximum Gasteiger partial charge on any atom is 0.0316 e. The van der Waals surface area contributed by atoms with Crippen LogP contribution < -0.4 is 11.5 Å². The van der Waals surface area contributed by atoms with E-state index in [1.54, 1.807) is 0 Å². The van der Waals surface area contributed by atoms with Gasteiger partial charge in [0.1, 0.15) is 0 Å². The van der Waals surface area contributed by atoms with Gasteiger partial charge in [-0.25, -0.2) is 0 Å². The molecule has 4 aromatic carbocycles. The van der Waals surface area contributed by atoms with E-state index in [1.165, 1.54) is 167 Å². The Hall–Kier alpha value is -3.52. The summed E-state index contributed by atoms with van der Waals surface area (Å²) in [6, 6.07) is 32.2. The van der Waals surface area contributed by atoms with Crippen molar-refractivity contribution in [2.75, 3.05) is 11.5 Å². The van der Waals surface area contributed by atoms with Crippen LogP contribution in [0.3, 0.4) is 0 Å². The monoisotopic (exact) mass is 715 g/mol. The Bertz CT molecular complexity index is 1450. The van der Waals surface area contributed by atoms with E-state index in [9.17, 15) is 0 Å². The molecule has 0 aliphatic carbocycles. The molecule has 53 heavy (non-hydrogen) atoms. The number of rotatable bonds is 26. The lowest BCUT2D eigenvalue weighted by atomic mass is 9.84. The first kappa shape index (κ1) is 42.2. The number of hydrogen-bond donors (Lipinski definition) is 2. The fraction of sp³-hybridized carbons (Fsp3) is 0.529. The zero-order valence-corrected chi connectivity index (χ0v) is 34.2. The van der Waals surface area contributed by atoms with Gasteiger partial charge in [0.25, 0.3) is 0 Å². The average Bonchev–Trinajstić information content (AvgIpc) is 3.15. The Kier molecular flexibility index (Phi) is 19.1. The molecule has 0 bridgehead atoms.